The topological polar surface area (TPSA) is 93.2 Å². The number of anilines is 1. The lowest BCUT2D eigenvalue weighted by atomic mass is 10.1. The van der Waals surface area contributed by atoms with E-state index >= 15 is 0 Å². The van der Waals surface area contributed by atoms with Gasteiger partial charge in [0.25, 0.3) is 10.0 Å². The van der Waals surface area contributed by atoms with E-state index in [-0.39, 0.29) is 14.9 Å². The van der Waals surface area contributed by atoms with Crippen LogP contribution in [0.4, 0.5) is 5.13 Å². The van der Waals surface area contributed by atoms with Crippen molar-refractivity contribution in [3.63, 3.8) is 0 Å². The summed E-state index contributed by atoms with van der Waals surface area (Å²) in [7, 11) is -7.14. The molecule has 0 aliphatic rings. The summed E-state index contributed by atoms with van der Waals surface area (Å²) >= 11 is 1.10. The molecule has 6 nitrogen and oxygen atoms in total. The zero-order chi connectivity index (χ0) is 19.3. The Hall–Kier alpha value is -1.97. The molecule has 2 aromatic carbocycles. The smallest absolute Gasteiger partial charge is 0.255 e. The highest BCUT2D eigenvalue weighted by Gasteiger charge is 2.22. The number of thiazole rings is 1. The van der Waals surface area contributed by atoms with Crippen molar-refractivity contribution in [2.75, 3.05) is 11.0 Å². The fourth-order valence-electron chi connectivity index (χ4n) is 2.94. The molecule has 138 valence electrons. The summed E-state index contributed by atoms with van der Waals surface area (Å²) in [6, 6.07) is 8.17. The third-order valence-electron chi connectivity index (χ3n) is 3.88. The van der Waals surface area contributed by atoms with Crippen molar-refractivity contribution in [1.82, 2.24) is 4.98 Å². The summed E-state index contributed by atoms with van der Waals surface area (Å²) in [6.45, 7) is 5.42. The number of aromatic nitrogens is 1. The minimum absolute atomic E-state index is 0.174. The summed E-state index contributed by atoms with van der Waals surface area (Å²) in [5.74, 6) is 0. The first-order valence-electron chi connectivity index (χ1n) is 7.69. The fraction of sp³-hybridized carbons (Fsp3) is 0.235. The molecule has 9 heteroatoms. The summed E-state index contributed by atoms with van der Waals surface area (Å²) < 4.78 is 52.1. The molecule has 0 spiro atoms. The van der Waals surface area contributed by atoms with Crippen LogP contribution < -0.4 is 4.72 Å². The van der Waals surface area contributed by atoms with Crippen LogP contribution in [0.1, 0.15) is 16.7 Å². The predicted octanol–water partition coefficient (Wildman–Crippen LogP) is 3.43. The number of hydrogen-bond acceptors (Lipinski definition) is 6. The highest BCUT2D eigenvalue weighted by Crippen LogP contribution is 2.31. The third-order valence-corrected chi connectivity index (χ3v) is 7.70. The first kappa shape index (κ1) is 18.8. The Morgan fingerprint density at radius 1 is 0.962 bits per heavy atom. The minimum Gasteiger partial charge on any atom is -0.255 e. The molecule has 0 unspecified atom stereocenters. The van der Waals surface area contributed by atoms with Gasteiger partial charge in [0.15, 0.2) is 15.0 Å². The molecule has 0 fully saturated rings. The molecular weight excluding hydrogens is 392 g/mol. The van der Waals surface area contributed by atoms with Gasteiger partial charge in [0, 0.05) is 6.26 Å². The van der Waals surface area contributed by atoms with Crippen molar-refractivity contribution >= 4 is 46.5 Å². The van der Waals surface area contributed by atoms with Crippen LogP contribution in [0.2, 0.25) is 0 Å². The van der Waals surface area contributed by atoms with E-state index < -0.39 is 19.9 Å². The normalized spacial score (nSPS) is 12.5. The van der Waals surface area contributed by atoms with Crippen LogP contribution in [0.15, 0.2) is 40.1 Å². The lowest BCUT2D eigenvalue weighted by Crippen LogP contribution is -2.15. The van der Waals surface area contributed by atoms with Crippen molar-refractivity contribution in [3.05, 3.63) is 47.0 Å². The van der Waals surface area contributed by atoms with Crippen molar-refractivity contribution in [2.45, 2.75) is 30.6 Å². The number of hydrogen-bond donors (Lipinski definition) is 1. The van der Waals surface area contributed by atoms with E-state index in [4.69, 9.17) is 0 Å². The summed E-state index contributed by atoms with van der Waals surface area (Å²) in [6.07, 6.45) is 1.13. The second-order valence-electron chi connectivity index (χ2n) is 6.25. The van der Waals surface area contributed by atoms with E-state index in [9.17, 15) is 16.8 Å². The van der Waals surface area contributed by atoms with Crippen molar-refractivity contribution in [3.8, 4) is 0 Å². The molecule has 1 heterocycles. The number of nitrogens with zero attached hydrogens (tertiary/aromatic N) is 1. The molecule has 0 bridgehead atoms. The maximum absolute atomic E-state index is 12.8. The molecule has 0 aliphatic carbocycles. The van der Waals surface area contributed by atoms with Crippen LogP contribution in [0.5, 0.6) is 0 Å². The van der Waals surface area contributed by atoms with E-state index in [0.717, 1.165) is 23.2 Å². The molecule has 0 saturated carbocycles. The number of benzene rings is 2. The predicted molar refractivity (Wildman–Crippen MR) is 104 cm³/mol. The van der Waals surface area contributed by atoms with Gasteiger partial charge >= 0.3 is 0 Å². The zero-order valence-electron chi connectivity index (χ0n) is 14.7. The number of nitrogens with one attached hydrogen (secondary N) is 1. The van der Waals surface area contributed by atoms with Gasteiger partial charge in [-0.05, 0) is 50.1 Å². The van der Waals surface area contributed by atoms with E-state index in [1.165, 1.54) is 12.1 Å². The van der Waals surface area contributed by atoms with Gasteiger partial charge in [-0.2, -0.15) is 0 Å². The second-order valence-corrected chi connectivity index (χ2v) is 10.9. The zero-order valence-corrected chi connectivity index (χ0v) is 17.1. The van der Waals surface area contributed by atoms with Gasteiger partial charge < -0.3 is 0 Å². The Kier molecular flexibility index (Phi) is 4.58. The number of sulfonamides is 1. The number of sulfone groups is 1. The van der Waals surface area contributed by atoms with Gasteiger partial charge in [-0.15, -0.1) is 0 Å². The van der Waals surface area contributed by atoms with E-state index in [1.807, 2.05) is 19.1 Å². The van der Waals surface area contributed by atoms with E-state index in [1.54, 1.807) is 19.9 Å². The minimum atomic E-state index is -3.80. The lowest BCUT2D eigenvalue weighted by molar-refractivity contribution is 0.599. The maximum atomic E-state index is 12.8. The highest BCUT2D eigenvalue weighted by atomic mass is 32.2. The van der Waals surface area contributed by atoms with Crippen LogP contribution >= 0.6 is 11.3 Å². The van der Waals surface area contributed by atoms with Gasteiger partial charge in [-0.3, -0.25) is 4.72 Å². The Labute approximate surface area is 156 Å². The van der Waals surface area contributed by atoms with Gasteiger partial charge in [0.2, 0.25) is 0 Å². The third kappa shape index (κ3) is 3.60. The lowest BCUT2D eigenvalue weighted by Gasteiger charge is -2.12. The Morgan fingerprint density at radius 3 is 2.15 bits per heavy atom. The van der Waals surface area contributed by atoms with Crippen LogP contribution in [0, 0.1) is 20.8 Å². The van der Waals surface area contributed by atoms with Gasteiger partial charge in [0.1, 0.15) is 0 Å². The quantitative estimate of drug-likeness (QED) is 0.711. The highest BCUT2D eigenvalue weighted by molar-refractivity contribution is 7.93. The molecule has 3 aromatic rings. The molecule has 26 heavy (non-hydrogen) atoms. The van der Waals surface area contributed by atoms with Gasteiger partial charge in [0.05, 0.1) is 20.0 Å². The van der Waals surface area contributed by atoms with E-state index in [0.29, 0.717) is 21.3 Å². The number of aryl methyl sites for hydroxylation is 3. The fourth-order valence-corrected chi connectivity index (χ4v) is 6.25. The Balaban J connectivity index is 2.03. The van der Waals surface area contributed by atoms with E-state index in [2.05, 4.69) is 9.71 Å². The molecular formula is C17H18N2O4S3. The van der Waals surface area contributed by atoms with Crippen LogP contribution in [-0.4, -0.2) is 28.1 Å². The number of rotatable bonds is 4. The molecule has 0 radical (unpaired) electrons. The van der Waals surface area contributed by atoms with Gasteiger partial charge in [-0.1, -0.05) is 29.0 Å². The van der Waals surface area contributed by atoms with Crippen molar-refractivity contribution < 1.29 is 16.8 Å². The van der Waals surface area contributed by atoms with Crippen molar-refractivity contribution in [1.29, 1.82) is 0 Å². The average Bonchev–Trinajstić information content (AvgIpc) is 2.84. The maximum Gasteiger partial charge on any atom is 0.264 e. The summed E-state index contributed by atoms with van der Waals surface area (Å²) in [5.41, 5.74) is 2.86. The molecule has 0 saturated heterocycles. The number of fused-ring (bicyclic) bond motifs is 1. The van der Waals surface area contributed by atoms with Crippen LogP contribution in [-0.2, 0) is 19.9 Å². The molecule has 0 aliphatic heterocycles. The average molecular weight is 411 g/mol. The molecule has 1 aromatic heterocycles. The Morgan fingerprint density at radius 2 is 1.58 bits per heavy atom. The largest absolute Gasteiger partial charge is 0.264 e. The van der Waals surface area contributed by atoms with Crippen LogP contribution in [0.3, 0.4) is 0 Å². The van der Waals surface area contributed by atoms with Crippen molar-refractivity contribution in [2.24, 2.45) is 0 Å². The first-order chi connectivity index (χ1) is 12.0. The summed E-state index contributed by atoms with van der Waals surface area (Å²) in [4.78, 5) is 4.67. The molecule has 0 atom stereocenters. The van der Waals surface area contributed by atoms with Crippen LogP contribution in [0.25, 0.3) is 10.2 Å². The summed E-state index contributed by atoms with van der Waals surface area (Å²) in [5, 5.41) is 0.199. The molecule has 3 rings (SSSR count). The molecule has 1 N–H and O–H groups in total. The standard InChI is InChI=1S/C17H18N2O4S3/c1-10-7-11(2)16(12(3)8-10)26(22,23)19-17-18-14-6-5-13(25(4,20)21)9-15(14)24-17/h5-9H,1-4H3,(H,18,19). The Bertz CT molecular complexity index is 1200. The SMILES string of the molecule is Cc1cc(C)c(S(=O)(=O)Nc2nc3ccc(S(C)(=O)=O)cc3s2)c(C)c1. The monoisotopic (exact) mass is 410 g/mol. The van der Waals surface area contributed by atoms with Gasteiger partial charge in [-0.25, -0.2) is 21.8 Å². The second kappa shape index (κ2) is 6.33. The molecule has 0 amide bonds. The first-order valence-corrected chi connectivity index (χ1v) is 11.9.